The fraction of sp³-hybridized carbons (Fsp3) is 0.977. The first kappa shape index (κ1) is 43.5. The highest BCUT2D eigenvalue weighted by Gasteiger charge is 2.10. The SMILES string of the molecule is CCCCCCCCCCCCCCCCCC(=O)OCCCCCCCCCCCCCCCCCCC1CCCCCCC1. The molecule has 2 nitrogen and oxygen atoms in total. The van der Waals surface area contributed by atoms with Crippen LogP contribution >= 0.6 is 0 Å². The van der Waals surface area contributed by atoms with Gasteiger partial charge in [-0.25, -0.2) is 0 Å². The van der Waals surface area contributed by atoms with Gasteiger partial charge < -0.3 is 4.74 Å². The van der Waals surface area contributed by atoms with Crippen molar-refractivity contribution in [1.29, 1.82) is 0 Å². The summed E-state index contributed by atoms with van der Waals surface area (Å²) in [6.07, 6.45) is 55.5. The second kappa shape index (κ2) is 37.3. The van der Waals surface area contributed by atoms with Crippen molar-refractivity contribution in [3.8, 4) is 0 Å². The molecule has 1 aliphatic rings. The molecule has 46 heavy (non-hydrogen) atoms. The maximum atomic E-state index is 12.0. The molecule has 0 amide bonds. The van der Waals surface area contributed by atoms with Crippen LogP contribution in [0.4, 0.5) is 0 Å². The topological polar surface area (TPSA) is 26.3 Å². The van der Waals surface area contributed by atoms with E-state index in [1.54, 1.807) is 0 Å². The minimum absolute atomic E-state index is 0.0326. The van der Waals surface area contributed by atoms with E-state index in [0.29, 0.717) is 13.0 Å². The van der Waals surface area contributed by atoms with Crippen LogP contribution in [-0.2, 0) is 9.53 Å². The summed E-state index contributed by atoms with van der Waals surface area (Å²) in [4.78, 5) is 12.0. The van der Waals surface area contributed by atoms with Crippen LogP contribution in [-0.4, -0.2) is 12.6 Å². The predicted molar refractivity (Wildman–Crippen MR) is 205 cm³/mol. The molecule has 0 atom stereocenters. The summed E-state index contributed by atoms with van der Waals surface area (Å²) in [6, 6.07) is 0. The van der Waals surface area contributed by atoms with Crippen LogP contribution in [0.15, 0.2) is 0 Å². The van der Waals surface area contributed by atoms with E-state index in [-0.39, 0.29) is 5.97 Å². The summed E-state index contributed by atoms with van der Waals surface area (Å²) >= 11 is 0. The lowest BCUT2D eigenvalue weighted by Crippen LogP contribution is -2.05. The largest absolute Gasteiger partial charge is 0.466 e. The molecule has 0 aromatic carbocycles. The van der Waals surface area contributed by atoms with Gasteiger partial charge >= 0.3 is 5.97 Å². The van der Waals surface area contributed by atoms with Gasteiger partial charge in [0.25, 0.3) is 0 Å². The van der Waals surface area contributed by atoms with Gasteiger partial charge in [0.05, 0.1) is 6.61 Å². The molecule has 1 aliphatic carbocycles. The molecule has 0 aromatic rings. The minimum Gasteiger partial charge on any atom is -0.466 e. The van der Waals surface area contributed by atoms with E-state index in [0.717, 1.165) is 18.8 Å². The zero-order valence-corrected chi connectivity index (χ0v) is 31.9. The maximum absolute atomic E-state index is 12.0. The third-order valence-corrected chi connectivity index (χ3v) is 11.0. The molecule has 1 fully saturated rings. The molecule has 274 valence electrons. The van der Waals surface area contributed by atoms with Crippen LogP contribution in [0.2, 0.25) is 0 Å². The molecule has 0 saturated heterocycles. The first-order valence-electron chi connectivity index (χ1n) is 22.0. The van der Waals surface area contributed by atoms with Crippen LogP contribution in [0.25, 0.3) is 0 Å². The number of hydrogen-bond acceptors (Lipinski definition) is 2. The number of carbonyl (C=O) groups excluding carboxylic acids is 1. The molecular weight excluding hydrogens is 560 g/mol. The van der Waals surface area contributed by atoms with Crippen LogP contribution in [0.5, 0.6) is 0 Å². The first-order valence-corrected chi connectivity index (χ1v) is 22.0. The molecule has 0 radical (unpaired) electrons. The van der Waals surface area contributed by atoms with E-state index in [1.165, 1.54) is 238 Å². The number of esters is 1. The summed E-state index contributed by atoms with van der Waals surface area (Å²) in [5.74, 6) is 1.10. The average molecular weight is 647 g/mol. The van der Waals surface area contributed by atoms with Crippen LogP contribution in [0.1, 0.15) is 264 Å². The molecule has 0 bridgehead atoms. The molecule has 0 aliphatic heterocycles. The lowest BCUT2D eigenvalue weighted by atomic mass is 9.87. The number of rotatable bonds is 35. The lowest BCUT2D eigenvalue weighted by molar-refractivity contribution is -0.143. The molecule has 0 heterocycles. The third-order valence-electron chi connectivity index (χ3n) is 11.0. The van der Waals surface area contributed by atoms with E-state index < -0.39 is 0 Å². The Labute approximate surface area is 291 Å². The van der Waals surface area contributed by atoms with Crippen LogP contribution < -0.4 is 0 Å². The fourth-order valence-corrected chi connectivity index (χ4v) is 7.74. The Kier molecular flexibility index (Phi) is 35.3. The van der Waals surface area contributed by atoms with Crippen molar-refractivity contribution < 1.29 is 9.53 Å². The van der Waals surface area contributed by atoms with E-state index >= 15 is 0 Å². The number of ether oxygens (including phenoxy) is 1. The quantitative estimate of drug-likeness (QED) is 0.0506. The van der Waals surface area contributed by atoms with Crippen molar-refractivity contribution in [3.63, 3.8) is 0 Å². The van der Waals surface area contributed by atoms with Gasteiger partial charge in [-0.3, -0.25) is 4.79 Å². The van der Waals surface area contributed by atoms with Crippen molar-refractivity contribution in [2.45, 2.75) is 264 Å². The van der Waals surface area contributed by atoms with Gasteiger partial charge in [-0.1, -0.05) is 244 Å². The van der Waals surface area contributed by atoms with Gasteiger partial charge in [-0.2, -0.15) is 0 Å². The number of hydrogen-bond donors (Lipinski definition) is 0. The van der Waals surface area contributed by atoms with Crippen molar-refractivity contribution in [3.05, 3.63) is 0 Å². The summed E-state index contributed by atoms with van der Waals surface area (Å²) in [5, 5.41) is 0. The van der Waals surface area contributed by atoms with Gasteiger partial charge in [0.2, 0.25) is 0 Å². The zero-order valence-electron chi connectivity index (χ0n) is 31.9. The Morgan fingerprint density at radius 2 is 0.739 bits per heavy atom. The van der Waals surface area contributed by atoms with Crippen molar-refractivity contribution in [2.75, 3.05) is 6.61 Å². The Hall–Kier alpha value is -0.530. The van der Waals surface area contributed by atoms with Crippen molar-refractivity contribution in [1.82, 2.24) is 0 Å². The summed E-state index contributed by atoms with van der Waals surface area (Å²) in [5.41, 5.74) is 0. The fourth-order valence-electron chi connectivity index (χ4n) is 7.74. The Balaban J connectivity index is 1.67. The summed E-state index contributed by atoms with van der Waals surface area (Å²) < 4.78 is 5.48. The van der Waals surface area contributed by atoms with Gasteiger partial charge in [0, 0.05) is 6.42 Å². The maximum Gasteiger partial charge on any atom is 0.305 e. The highest BCUT2D eigenvalue weighted by atomic mass is 16.5. The molecule has 0 aromatic heterocycles. The van der Waals surface area contributed by atoms with Crippen LogP contribution in [0.3, 0.4) is 0 Å². The predicted octanol–water partition coefficient (Wildman–Crippen LogP) is 15.8. The van der Waals surface area contributed by atoms with E-state index in [1.807, 2.05) is 0 Å². The summed E-state index contributed by atoms with van der Waals surface area (Å²) in [6.45, 7) is 2.93. The van der Waals surface area contributed by atoms with Crippen molar-refractivity contribution >= 4 is 5.97 Å². The van der Waals surface area contributed by atoms with Crippen molar-refractivity contribution in [2.24, 2.45) is 5.92 Å². The third kappa shape index (κ3) is 33.4. The van der Waals surface area contributed by atoms with E-state index in [9.17, 15) is 4.79 Å². The molecule has 0 spiro atoms. The van der Waals surface area contributed by atoms with E-state index in [2.05, 4.69) is 6.92 Å². The first-order chi connectivity index (χ1) is 22.8. The second-order valence-electron chi connectivity index (χ2n) is 15.6. The van der Waals surface area contributed by atoms with Gasteiger partial charge in [-0.15, -0.1) is 0 Å². The highest BCUT2D eigenvalue weighted by Crippen LogP contribution is 2.27. The smallest absolute Gasteiger partial charge is 0.305 e. The number of unbranched alkanes of at least 4 members (excludes halogenated alkanes) is 29. The Morgan fingerprint density at radius 3 is 1.15 bits per heavy atom. The Bertz CT molecular complexity index is 578. The zero-order chi connectivity index (χ0) is 32.9. The number of carbonyl (C=O) groups is 1. The van der Waals surface area contributed by atoms with Gasteiger partial charge in [0.1, 0.15) is 0 Å². The highest BCUT2D eigenvalue weighted by molar-refractivity contribution is 5.69. The molecule has 2 heteroatoms. The monoisotopic (exact) mass is 647 g/mol. The second-order valence-corrected chi connectivity index (χ2v) is 15.6. The van der Waals surface area contributed by atoms with Gasteiger partial charge in [0.15, 0.2) is 0 Å². The van der Waals surface area contributed by atoms with Crippen LogP contribution in [0, 0.1) is 5.92 Å². The molecule has 0 N–H and O–H groups in total. The standard InChI is InChI=1S/C44H86O2/c1-2-3-4-5-6-7-8-9-12-16-19-22-25-31-36-41-44(45)46-42-37-32-26-23-20-17-14-11-10-13-15-18-21-24-28-33-38-43-39-34-29-27-30-35-40-43/h43H,2-42H2,1H3. The summed E-state index contributed by atoms with van der Waals surface area (Å²) in [7, 11) is 0. The van der Waals surface area contributed by atoms with Gasteiger partial charge in [-0.05, 0) is 18.8 Å². The Morgan fingerprint density at radius 1 is 0.413 bits per heavy atom. The molecule has 1 saturated carbocycles. The average Bonchev–Trinajstić information content (AvgIpc) is 3.04. The molecule has 0 unspecified atom stereocenters. The minimum atomic E-state index is 0.0326. The normalized spacial score (nSPS) is 14.4. The van der Waals surface area contributed by atoms with E-state index in [4.69, 9.17) is 4.74 Å². The lowest BCUT2D eigenvalue weighted by Gasteiger charge is -2.19. The molecular formula is C44H86O2. The molecule has 1 rings (SSSR count).